The van der Waals surface area contributed by atoms with Crippen LogP contribution < -0.4 is 10.6 Å². The van der Waals surface area contributed by atoms with Crippen molar-refractivity contribution in [2.75, 3.05) is 13.6 Å². The molecule has 0 fully saturated rings. The number of likely N-dealkylation sites (N-methyl/N-ethyl adjacent to an activating group) is 1. The van der Waals surface area contributed by atoms with Crippen molar-refractivity contribution < 1.29 is 4.79 Å². The van der Waals surface area contributed by atoms with Crippen molar-refractivity contribution in [2.24, 2.45) is 0 Å². The number of amides is 1. The van der Waals surface area contributed by atoms with Gasteiger partial charge in [-0.25, -0.2) is 0 Å². The molecule has 0 saturated heterocycles. The fourth-order valence-corrected chi connectivity index (χ4v) is 1.60. The Bertz CT molecular complexity index is 388. The van der Waals surface area contributed by atoms with E-state index in [9.17, 15) is 4.79 Å². The van der Waals surface area contributed by atoms with Crippen LogP contribution in [-0.2, 0) is 11.2 Å². The molecule has 1 rings (SSSR count). The maximum atomic E-state index is 11.8. The maximum Gasteiger partial charge on any atom is 0.224 e. The topological polar surface area (TPSA) is 41.1 Å². The third-order valence-corrected chi connectivity index (χ3v) is 2.95. The summed E-state index contributed by atoms with van der Waals surface area (Å²) in [5.41, 5.74) is 3.48. The second kappa shape index (κ2) is 6.40. The monoisotopic (exact) mass is 234 g/mol. The zero-order valence-corrected chi connectivity index (χ0v) is 11.1. The van der Waals surface area contributed by atoms with Crippen LogP contribution in [-0.4, -0.2) is 25.5 Å². The summed E-state index contributed by atoms with van der Waals surface area (Å²) in [5.74, 6) is 0.0841. The predicted octanol–water partition coefficient (Wildman–Crippen LogP) is 1.57. The number of aryl methyl sites for hydroxylation is 2. The van der Waals surface area contributed by atoms with E-state index in [1.54, 1.807) is 0 Å². The quantitative estimate of drug-likeness (QED) is 0.812. The molecule has 94 valence electrons. The van der Waals surface area contributed by atoms with Gasteiger partial charge in [-0.05, 0) is 38.9 Å². The van der Waals surface area contributed by atoms with Crippen LogP contribution in [0.25, 0.3) is 0 Å². The van der Waals surface area contributed by atoms with Gasteiger partial charge in [-0.3, -0.25) is 4.79 Å². The average molecular weight is 234 g/mol. The number of hydrogen-bond acceptors (Lipinski definition) is 2. The summed E-state index contributed by atoms with van der Waals surface area (Å²) in [7, 11) is 1.89. The SMILES string of the molecule is CNC(C)CNC(=O)Cc1cc(C)ccc1C. The van der Waals surface area contributed by atoms with Crippen molar-refractivity contribution in [1.29, 1.82) is 0 Å². The van der Waals surface area contributed by atoms with Crippen LogP contribution in [0.5, 0.6) is 0 Å². The number of nitrogens with one attached hydrogen (secondary N) is 2. The Balaban J connectivity index is 2.53. The smallest absolute Gasteiger partial charge is 0.224 e. The van der Waals surface area contributed by atoms with Gasteiger partial charge in [-0.2, -0.15) is 0 Å². The number of carbonyl (C=O) groups is 1. The van der Waals surface area contributed by atoms with Gasteiger partial charge in [0.15, 0.2) is 0 Å². The minimum atomic E-state index is 0.0841. The van der Waals surface area contributed by atoms with Crippen molar-refractivity contribution in [2.45, 2.75) is 33.2 Å². The van der Waals surface area contributed by atoms with Gasteiger partial charge in [0.25, 0.3) is 0 Å². The van der Waals surface area contributed by atoms with E-state index in [-0.39, 0.29) is 5.91 Å². The molecular weight excluding hydrogens is 212 g/mol. The molecule has 1 atom stereocenters. The third-order valence-electron chi connectivity index (χ3n) is 2.95. The van der Waals surface area contributed by atoms with Crippen LogP contribution >= 0.6 is 0 Å². The highest BCUT2D eigenvalue weighted by Crippen LogP contribution is 2.11. The molecule has 0 aliphatic carbocycles. The highest BCUT2D eigenvalue weighted by Gasteiger charge is 2.07. The Morgan fingerprint density at radius 3 is 2.71 bits per heavy atom. The van der Waals surface area contributed by atoms with Gasteiger partial charge >= 0.3 is 0 Å². The van der Waals surface area contributed by atoms with Gasteiger partial charge < -0.3 is 10.6 Å². The van der Waals surface area contributed by atoms with Crippen LogP contribution in [0.15, 0.2) is 18.2 Å². The van der Waals surface area contributed by atoms with Gasteiger partial charge in [0.2, 0.25) is 5.91 Å². The van der Waals surface area contributed by atoms with E-state index in [2.05, 4.69) is 28.8 Å². The molecule has 0 saturated carbocycles. The Morgan fingerprint density at radius 2 is 2.06 bits per heavy atom. The average Bonchev–Trinajstić information content (AvgIpc) is 2.30. The molecule has 0 bridgehead atoms. The number of benzene rings is 1. The Labute approximate surface area is 104 Å². The lowest BCUT2D eigenvalue weighted by Crippen LogP contribution is -2.37. The van der Waals surface area contributed by atoms with Gasteiger partial charge in [0.05, 0.1) is 6.42 Å². The highest BCUT2D eigenvalue weighted by atomic mass is 16.1. The molecule has 0 aliphatic heterocycles. The summed E-state index contributed by atoms with van der Waals surface area (Å²) in [6, 6.07) is 6.52. The fraction of sp³-hybridized carbons (Fsp3) is 0.500. The Morgan fingerprint density at radius 1 is 1.35 bits per heavy atom. The zero-order valence-electron chi connectivity index (χ0n) is 11.1. The molecule has 3 nitrogen and oxygen atoms in total. The summed E-state index contributed by atoms with van der Waals surface area (Å²) in [4.78, 5) is 11.8. The maximum absolute atomic E-state index is 11.8. The van der Waals surface area contributed by atoms with Crippen LogP contribution in [0.1, 0.15) is 23.6 Å². The Kier molecular flexibility index (Phi) is 5.16. The molecule has 2 N–H and O–H groups in total. The lowest BCUT2D eigenvalue weighted by Gasteiger charge is -2.12. The molecule has 0 spiro atoms. The van der Waals surface area contributed by atoms with E-state index in [0.29, 0.717) is 19.0 Å². The van der Waals surface area contributed by atoms with Crippen LogP contribution in [0, 0.1) is 13.8 Å². The van der Waals surface area contributed by atoms with Crippen molar-refractivity contribution in [3.05, 3.63) is 34.9 Å². The van der Waals surface area contributed by atoms with Gasteiger partial charge in [-0.15, -0.1) is 0 Å². The van der Waals surface area contributed by atoms with E-state index in [0.717, 1.165) is 5.56 Å². The van der Waals surface area contributed by atoms with Gasteiger partial charge in [-0.1, -0.05) is 23.8 Å². The van der Waals surface area contributed by atoms with Crippen molar-refractivity contribution >= 4 is 5.91 Å². The van der Waals surface area contributed by atoms with Gasteiger partial charge in [0, 0.05) is 12.6 Å². The standard InChI is InChI=1S/C14H22N2O/c1-10-5-6-11(2)13(7-10)8-14(17)16-9-12(3)15-4/h5-7,12,15H,8-9H2,1-4H3,(H,16,17). The first-order valence-corrected chi connectivity index (χ1v) is 6.03. The number of carbonyl (C=O) groups excluding carboxylic acids is 1. The normalized spacial score (nSPS) is 12.2. The molecule has 1 aromatic rings. The van der Waals surface area contributed by atoms with Crippen LogP contribution in [0.3, 0.4) is 0 Å². The second-order valence-electron chi connectivity index (χ2n) is 4.60. The first-order valence-electron chi connectivity index (χ1n) is 6.03. The van der Waals surface area contributed by atoms with E-state index in [4.69, 9.17) is 0 Å². The summed E-state index contributed by atoms with van der Waals surface area (Å²) >= 11 is 0. The molecule has 0 heterocycles. The van der Waals surface area contributed by atoms with Crippen molar-refractivity contribution in [3.8, 4) is 0 Å². The summed E-state index contributed by atoms with van der Waals surface area (Å²) < 4.78 is 0. The first kappa shape index (κ1) is 13.7. The van der Waals surface area contributed by atoms with E-state index in [1.807, 2.05) is 27.8 Å². The highest BCUT2D eigenvalue weighted by molar-refractivity contribution is 5.79. The minimum absolute atomic E-state index is 0.0841. The first-order chi connectivity index (χ1) is 8.02. The lowest BCUT2D eigenvalue weighted by molar-refractivity contribution is -0.120. The second-order valence-corrected chi connectivity index (χ2v) is 4.60. The molecular formula is C14H22N2O. The minimum Gasteiger partial charge on any atom is -0.354 e. The molecule has 0 radical (unpaired) electrons. The predicted molar refractivity (Wildman–Crippen MR) is 71.2 cm³/mol. The lowest BCUT2D eigenvalue weighted by atomic mass is 10.0. The largest absolute Gasteiger partial charge is 0.354 e. The van der Waals surface area contributed by atoms with E-state index >= 15 is 0 Å². The molecule has 1 amide bonds. The number of rotatable bonds is 5. The Hall–Kier alpha value is -1.35. The molecule has 0 aliphatic rings. The molecule has 1 aromatic carbocycles. The van der Waals surface area contributed by atoms with Crippen molar-refractivity contribution in [1.82, 2.24) is 10.6 Å². The summed E-state index contributed by atoms with van der Waals surface area (Å²) in [6.07, 6.45) is 0.462. The fourth-order valence-electron chi connectivity index (χ4n) is 1.60. The molecule has 1 unspecified atom stereocenters. The molecule has 3 heteroatoms. The molecule has 0 aromatic heterocycles. The van der Waals surface area contributed by atoms with E-state index in [1.165, 1.54) is 11.1 Å². The van der Waals surface area contributed by atoms with Gasteiger partial charge in [0.1, 0.15) is 0 Å². The van der Waals surface area contributed by atoms with Crippen LogP contribution in [0.4, 0.5) is 0 Å². The van der Waals surface area contributed by atoms with Crippen LogP contribution in [0.2, 0.25) is 0 Å². The van der Waals surface area contributed by atoms with Crippen molar-refractivity contribution in [3.63, 3.8) is 0 Å². The zero-order chi connectivity index (χ0) is 12.8. The van der Waals surface area contributed by atoms with E-state index < -0.39 is 0 Å². The third kappa shape index (κ3) is 4.57. The molecule has 17 heavy (non-hydrogen) atoms. The number of hydrogen-bond donors (Lipinski definition) is 2. The summed E-state index contributed by atoms with van der Waals surface area (Å²) in [6.45, 7) is 6.79. The summed E-state index contributed by atoms with van der Waals surface area (Å²) in [5, 5.41) is 6.02.